The second-order valence-electron chi connectivity index (χ2n) is 7.31. The average molecular weight is 376 g/mol. The molecule has 1 aliphatic heterocycles. The van der Waals surface area contributed by atoms with Crippen molar-refractivity contribution in [3.63, 3.8) is 0 Å². The molecule has 1 aromatic rings. The van der Waals surface area contributed by atoms with Crippen LogP contribution in [0.4, 0.5) is 0 Å². The number of sulfonamides is 1. The van der Waals surface area contributed by atoms with Gasteiger partial charge in [0.05, 0.1) is 4.90 Å². The fourth-order valence-corrected chi connectivity index (χ4v) is 5.32. The Morgan fingerprint density at radius 1 is 1.12 bits per heavy atom. The van der Waals surface area contributed by atoms with Crippen molar-refractivity contribution in [3.8, 4) is 0 Å². The van der Waals surface area contributed by atoms with Crippen molar-refractivity contribution < 1.29 is 8.42 Å². The quantitative estimate of drug-likeness (QED) is 0.415. The topological polar surface area (TPSA) is 37.4 Å². The summed E-state index contributed by atoms with van der Waals surface area (Å²) in [5, 5.41) is 0. The van der Waals surface area contributed by atoms with Gasteiger partial charge in [0, 0.05) is 12.6 Å². The molecule has 0 bridgehead atoms. The molecule has 0 aromatic heterocycles. The highest BCUT2D eigenvalue weighted by molar-refractivity contribution is 7.89. The summed E-state index contributed by atoms with van der Waals surface area (Å²) in [5.41, 5.74) is 3.57. The van der Waals surface area contributed by atoms with Gasteiger partial charge in [-0.05, 0) is 51.3 Å². The van der Waals surface area contributed by atoms with Crippen LogP contribution in [0.5, 0.6) is 0 Å². The van der Waals surface area contributed by atoms with E-state index in [0.29, 0.717) is 11.4 Å². The number of hydrogen-bond acceptors (Lipinski definition) is 2. The predicted molar refractivity (Wildman–Crippen MR) is 110 cm³/mol. The van der Waals surface area contributed by atoms with Crippen LogP contribution in [0.1, 0.15) is 64.9 Å². The van der Waals surface area contributed by atoms with E-state index in [-0.39, 0.29) is 6.04 Å². The van der Waals surface area contributed by atoms with Gasteiger partial charge in [-0.3, -0.25) is 0 Å². The van der Waals surface area contributed by atoms with Crippen LogP contribution in [0.2, 0.25) is 0 Å². The van der Waals surface area contributed by atoms with Crippen LogP contribution in [0.15, 0.2) is 52.5 Å². The monoisotopic (exact) mass is 375 g/mol. The maximum Gasteiger partial charge on any atom is 0.243 e. The van der Waals surface area contributed by atoms with Gasteiger partial charge in [0.25, 0.3) is 0 Å². The van der Waals surface area contributed by atoms with Gasteiger partial charge in [0.15, 0.2) is 0 Å². The van der Waals surface area contributed by atoms with Gasteiger partial charge in [-0.15, -0.1) is 0 Å². The number of unbranched alkanes of at least 4 members (excludes halogenated alkanes) is 3. The van der Waals surface area contributed by atoms with Crippen LogP contribution < -0.4 is 0 Å². The Hall–Kier alpha value is -1.39. The van der Waals surface area contributed by atoms with Gasteiger partial charge in [-0.1, -0.05) is 68.0 Å². The van der Waals surface area contributed by atoms with E-state index < -0.39 is 10.0 Å². The molecule has 0 amide bonds. The number of benzene rings is 1. The second-order valence-corrected chi connectivity index (χ2v) is 9.20. The number of allylic oxidation sites excluding steroid dienone is 2. The minimum atomic E-state index is -3.47. The molecule has 0 aliphatic carbocycles. The molecule has 0 radical (unpaired) electrons. The molecule has 144 valence electrons. The van der Waals surface area contributed by atoms with E-state index in [9.17, 15) is 8.42 Å². The first kappa shape index (κ1) is 20.9. The van der Waals surface area contributed by atoms with Crippen molar-refractivity contribution in [2.24, 2.45) is 0 Å². The van der Waals surface area contributed by atoms with Gasteiger partial charge in [0.2, 0.25) is 10.0 Å². The maximum absolute atomic E-state index is 13.3. The minimum Gasteiger partial charge on any atom is -0.207 e. The highest BCUT2D eigenvalue weighted by Crippen LogP contribution is 2.35. The second kappa shape index (κ2) is 9.52. The average Bonchev–Trinajstić information content (AvgIpc) is 2.93. The first-order valence-electron chi connectivity index (χ1n) is 9.80. The molecule has 0 saturated carbocycles. The number of nitrogens with zero attached hydrogens (tertiary/aromatic N) is 1. The van der Waals surface area contributed by atoms with E-state index in [2.05, 4.69) is 19.9 Å². The standard InChI is InChI=1S/C22H33NO2S/c1-5-7-9-10-12-22-21(11-8-6-2)19(4)17-23(22)26(24,25)20-15-13-18(3)14-16-20/h6,8,13-16,22H,5,7,9-12,17H2,1-4H3/b8-6+. The van der Waals surface area contributed by atoms with Crippen LogP contribution in [0.3, 0.4) is 0 Å². The fourth-order valence-electron chi connectivity index (χ4n) is 3.64. The van der Waals surface area contributed by atoms with Gasteiger partial charge in [-0.2, -0.15) is 4.31 Å². The molecule has 2 rings (SSSR count). The van der Waals surface area contributed by atoms with E-state index in [0.717, 1.165) is 24.8 Å². The fraction of sp³-hybridized carbons (Fsp3) is 0.545. The largest absolute Gasteiger partial charge is 0.243 e. The van der Waals surface area contributed by atoms with Crippen molar-refractivity contribution in [1.29, 1.82) is 0 Å². The summed E-state index contributed by atoms with van der Waals surface area (Å²) >= 11 is 0. The van der Waals surface area contributed by atoms with Crippen molar-refractivity contribution >= 4 is 10.0 Å². The molecule has 0 saturated heterocycles. The Balaban J connectivity index is 2.28. The molecule has 3 nitrogen and oxygen atoms in total. The van der Waals surface area contributed by atoms with E-state index in [1.54, 1.807) is 16.4 Å². The molecule has 26 heavy (non-hydrogen) atoms. The van der Waals surface area contributed by atoms with E-state index in [1.807, 2.05) is 32.1 Å². The predicted octanol–water partition coefficient (Wildman–Crippen LogP) is 5.62. The molecule has 0 N–H and O–H groups in total. The Labute approximate surface area is 159 Å². The third-order valence-corrected chi connectivity index (χ3v) is 7.09. The van der Waals surface area contributed by atoms with Crippen LogP contribution >= 0.6 is 0 Å². The molecule has 1 aromatic carbocycles. The molecule has 1 aliphatic rings. The Morgan fingerprint density at radius 2 is 1.81 bits per heavy atom. The third kappa shape index (κ3) is 4.86. The van der Waals surface area contributed by atoms with Gasteiger partial charge < -0.3 is 0 Å². The van der Waals surface area contributed by atoms with Crippen LogP contribution in [-0.2, 0) is 10.0 Å². The van der Waals surface area contributed by atoms with Gasteiger partial charge in [-0.25, -0.2) is 8.42 Å². The molecule has 0 fully saturated rings. The lowest BCUT2D eigenvalue weighted by atomic mass is 9.97. The lowest BCUT2D eigenvalue weighted by Gasteiger charge is -2.26. The van der Waals surface area contributed by atoms with Crippen LogP contribution in [-0.4, -0.2) is 25.3 Å². The maximum atomic E-state index is 13.3. The highest BCUT2D eigenvalue weighted by Gasteiger charge is 2.38. The molecular weight excluding hydrogens is 342 g/mol. The molecule has 1 atom stereocenters. The lowest BCUT2D eigenvalue weighted by molar-refractivity contribution is 0.371. The molecular formula is C22H33NO2S. The van der Waals surface area contributed by atoms with E-state index in [1.165, 1.54) is 30.4 Å². The summed E-state index contributed by atoms with van der Waals surface area (Å²) in [7, 11) is -3.47. The van der Waals surface area contributed by atoms with Crippen molar-refractivity contribution in [3.05, 3.63) is 53.1 Å². The van der Waals surface area contributed by atoms with Gasteiger partial charge >= 0.3 is 0 Å². The molecule has 0 spiro atoms. The molecule has 1 unspecified atom stereocenters. The highest BCUT2D eigenvalue weighted by atomic mass is 32.2. The zero-order chi connectivity index (χ0) is 19.2. The number of aryl methyl sites for hydroxylation is 1. The first-order chi connectivity index (χ1) is 12.4. The van der Waals surface area contributed by atoms with Crippen LogP contribution in [0.25, 0.3) is 0 Å². The lowest BCUT2D eigenvalue weighted by Crippen LogP contribution is -2.37. The van der Waals surface area contributed by atoms with Crippen molar-refractivity contribution in [2.45, 2.75) is 77.2 Å². The molecule has 1 heterocycles. The zero-order valence-corrected chi connectivity index (χ0v) is 17.5. The summed E-state index contributed by atoms with van der Waals surface area (Å²) in [6.07, 6.45) is 10.6. The van der Waals surface area contributed by atoms with Crippen molar-refractivity contribution in [1.82, 2.24) is 4.31 Å². The summed E-state index contributed by atoms with van der Waals surface area (Å²) in [5.74, 6) is 0. The Kier molecular flexibility index (Phi) is 7.66. The SMILES string of the molecule is C/C=C/CC1=C(C)CN(S(=O)(=O)c2ccc(C)cc2)C1CCCCCC. The zero-order valence-electron chi connectivity index (χ0n) is 16.7. The molecule has 4 heteroatoms. The Bertz CT molecular complexity index is 745. The van der Waals surface area contributed by atoms with Crippen LogP contribution in [0, 0.1) is 6.92 Å². The third-order valence-electron chi connectivity index (χ3n) is 5.22. The summed E-state index contributed by atoms with van der Waals surface area (Å²) < 4.78 is 28.3. The van der Waals surface area contributed by atoms with E-state index in [4.69, 9.17) is 0 Å². The summed E-state index contributed by atoms with van der Waals surface area (Å²) in [6.45, 7) is 8.79. The van der Waals surface area contributed by atoms with E-state index >= 15 is 0 Å². The Morgan fingerprint density at radius 3 is 2.42 bits per heavy atom. The van der Waals surface area contributed by atoms with Gasteiger partial charge in [0.1, 0.15) is 0 Å². The summed E-state index contributed by atoms with van der Waals surface area (Å²) in [4.78, 5) is 0.404. The smallest absolute Gasteiger partial charge is 0.207 e. The van der Waals surface area contributed by atoms with Crippen molar-refractivity contribution in [2.75, 3.05) is 6.54 Å². The number of rotatable bonds is 9. The summed E-state index contributed by atoms with van der Waals surface area (Å²) in [6, 6.07) is 7.21. The normalized spacial score (nSPS) is 19.0. The number of hydrogen-bond donors (Lipinski definition) is 0. The minimum absolute atomic E-state index is 0.00522. The first-order valence-corrected chi connectivity index (χ1v) is 11.2.